The van der Waals surface area contributed by atoms with Crippen molar-refractivity contribution in [1.29, 1.82) is 0 Å². The normalized spacial score (nSPS) is 15.5. The maximum absolute atomic E-state index is 11.9. The third-order valence-corrected chi connectivity index (χ3v) is 4.10. The van der Waals surface area contributed by atoms with Crippen LogP contribution >= 0.6 is 0 Å². The van der Waals surface area contributed by atoms with E-state index in [2.05, 4.69) is 4.72 Å². The fraction of sp³-hybridized carbons (Fsp3) is 0.500. The fourth-order valence-corrected chi connectivity index (χ4v) is 2.51. The Morgan fingerprint density at radius 3 is 2.59 bits per heavy atom. The van der Waals surface area contributed by atoms with Crippen LogP contribution in [0.3, 0.4) is 0 Å². The minimum atomic E-state index is -3.54. The van der Waals surface area contributed by atoms with Gasteiger partial charge in [0.1, 0.15) is 0 Å². The summed E-state index contributed by atoms with van der Waals surface area (Å²) in [5.41, 5.74) is -0.133. The van der Waals surface area contributed by atoms with Crippen LogP contribution in [0, 0.1) is 6.92 Å². The van der Waals surface area contributed by atoms with Crippen molar-refractivity contribution in [2.75, 3.05) is 6.54 Å². The summed E-state index contributed by atoms with van der Waals surface area (Å²) in [4.78, 5) is 0.226. The van der Waals surface area contributed by atoms with Gasteiger partial charge in [0, 0.05) is 6.54 Å². The molecule has 0 radical (unpaired) electrons. The van der Waals surface area contributed by atoms with Gasteiger partial charge in [-0.1, -0.05) is 19.1 Å². The van der Waals surface area contributed by atoms with Crippen molar-refractivity contribution in [2.45, 2.75) is 37.7 Å². The molecule has 1 aromatic rings. The molecule has 0 aliphatic carbocycles. The third-order valence-electron chi connectivity index (χ3n) is 2.70. The van der Waals surface area contributed by atoms with Gasteiger partial charge in [-0.05, 0) is 38.0 Å². The number of sulfonamides is 1. The van der Waals surface area contributed by atoms with Gasteiger partial charge in [0.25, 0.3) is 0 Å². The number of benzene rings is 1. The Hall–Kier alpha value is -0.910. The molecule has 0 saturated heterocycles. The van der Waals surface area contributed by atoms with Crippen molar-refractivity contribution in [2.24, 2.45) is 0 Å². The molecule has 2 N–H and O–H groups in total. The molecule has 5 heteroatoms. The summed E-state index contributed by atoms with van der Waals surface area (Å²) in [7, 11) is -3.54. The van der Waals surface area contributed by atoms with E-state index < -0.39 is 15.6 Å². The van der Waals surface area contributed by atoms with Crippen molar-refractivity contribution in [3.8, 4) is 0 Å². The molecule has 0 amide bonds. The zero-order chi connectivity index (χ0) is 13.1. The number of aryl methyl sites for hydroxylation is 1. The van der Waals surface area contributed by atoms with Crippen molar-refractivity contribution in [1.82, 2.24) is 4.72 Å². The van der Waals surface area contributed by atoms with Gasteiger partial charge < -0.3 is 5.11 Å². The fourth-order valence-electron chi connectivity index (χ4n) is 1.24. The lowest BCUT2D eigenvalue weighted by atomic mass is 10.1. The van der Waals surface area contributed by atoms with Crippen LogP contribution in [0.15, 0.2) is 29.2 Å². The van der Waals surface area contributed by atoms with E-state index in [1.54, 1.807) is 26.0 Å². The Morgan fingerprint density at radius 1 is 1.41 bits per heavy atom. The van der Waals surface area contributed by atoms with Crippen LogP contribution in [-0.2, 0) is 10.0 Å². The third kappa shape index (κ3) is 4.11. The molecule has 4 nitrogen and oxygen atoms in total. The topological polar surface area (TPSA) is 66.4 Å². The summed E-state index contributed by atoms with van der Waals surface area (Å²) >= 11 is 0. The van der Waals surface area contributed by atoms with Crippen LogP contribution < -0.4 is 4.72 Å². The van der Waals surface area contributed by atoms with Gasteiger partial charge in [0.15, 0.2) is 0 Å². The predicted octanol–water partition coefficient (Wildman–Crippen LogP) is 1.43. The first kappa shape index (κ1) is 14.2. The summed E-state index contributed by atoms with van der Waals surface area (Å²) in [5.74, 6) is 0. The Labute approximate surface area is 103 Å². The average molecular weight is 257 g/mol. The van der Waals surface area contributed by atoms with Crippen LogP contribution in [0.4, 0.5) is 0 Å². The number of aliphatic hydroxyl groups is 1. The number of hydrogen-bond donors (Lipinski definition) is 2. The highest BCUT2D eigenvalue weighted by Gasteiger charge is 2.22. The minimum Gasteiger partial charge on any atom is -0.389 e. The van der Waals surface area contributed by atoms with Gasteiger partial charge in [-0.15, -0.1) is 0 Å². The van der Waals surface area contributed by atoms with E-state index in [1.807, 2.05) is 13.0 Å². The van der Waals surface area contributed by atoms with E-state index in [-0.39, 0.29) is 11.4 Å². The number of nitrogens with one attached hydrogen (secondary N) is 1. The molecule has 0 aromatic heterocycles. The second-order valence-electron chi connectivity index (χ2n) is 4.49. The first-order chi connectivity index (χ1) is 7.77. The van der Waals surface area contributed by atoms with Gasteiger partial charge >= 0.3 is 0 Å². The lowest BCUT2D eigenvalue weighted by Crippen LogP contribution is -2.40. The van der Waals surface area contributed by atoms with Gasteiger partial charge in [-0.2, -0.15) is 0 Å². The monoisotopic (exact) mass is 257 g/mol. The van der Waals surface area contributed by atoms with Gasteiger partial charge in [-0.3, -0.25) is 0 Å². The van der Waals surface area contributed by atoms with Crippen molar-refractivity contribution >= 4 is 10.0 Å². The SMILES string of the molecule is CCC(C)(O)CNS(=O)(=O)c1cccc(C)c1. The maximum Gasteiger partial charge on any atom is 0.240 e. The minimum absolute atomic E-state index is 0.0137. The molecular formula is C12H19NO3S. The van der Waals surface area contributed by atoms with E-state index in [0.717, 1.165) is 5.56 Å². The van der Waals surface area contributed by atoms with E-state index in [0.29, 0.717) is 6.42 Å². The van der Waals surface area contributed by atoms with Crippen LogP contribution in [0.25, 0.3) is 0 Å². The van der Waals surface area contributed by atoms with Crippen molar-refractivity contribution < 1.29 is 13.5 Å². The zero-order valence-electron chi connectivity index (χ0n) is 10.4. The Kier molecular flexibility index (Phi) is 4.30. The first-order valence-corrected chi connectivity index (χ1v) is 7.04. The highest BCUT2D eigenvalue weighted by atomic mass is 32.2. The molecular weight excluding hydrogens is 238 g/mol. The quantitative estimate of drug-likeness (QED) is 0.838. The highest BCUT2D eigenvalue weighted by molar-refractivity contribution is 7.89. The van der Waals surface area contributed by atoms with Gasteiger partial charge in [-0.25, -0.2) is 13.1 Å². The molecule has 0 aliphatic heterocycles. The second kappa shape index (κ2) is 5.16. The van der Waals surface area contributed by atoms with Crippen LogP contribution in [0.5, 0.6) is 0 Å². The van der Waals surface area contributed by atoms with E-state index >= 15 is 0 Å². The highest BCUT2D eigenvalue weighted by Crippen LogP contribution is 2.12. The van der Waals surface area contributed by atoms with Crippen LogP contribution in [-0.4, -0.2) is 25.7 Å². The van der Waals surface area contributed by atoms with Crippen LogP contribution in [0.1, 0.15) is 25.8 Å². The average Bonchev–Trinajstić information content (AvgIpc) is 2.27. The molecule has 1 unspecified atom stereocenters. The zero-order valence-corrected chi connectivity index (χ0v) is 11.2. The van der Waals surface area contributed by atoms with Crippen molar-refractivity contribution in [3.63, 3.8) is 0 Å². The molecule has 1 rings (SSSR count). The summed E-state index contributed by atoms with van der Waals surface area (Å²) in [6.45, 7) is 5.26. The standard InChI is InChI=1S/C12H19NO3S/c1-4-12(3,14)9-13-17(15,16)11-7-5-6-10(2)8-11/h5-8,13-14H,4,9H2,1-3H3. The molecule has 96 valence electrons. The molecule has 1 aromatic carbocycles. The van der Waals surface area contributed by atoms with Gasteiger partial charge in [0.2, 0.25) is 10.0 Å². The molecule has 1 atom stereocenters. The van der Waals surface area contributed by atoms with Gasteiger partial charge in [0.05, 0.1) is 10.5 Å². The lowest BCUT2D eigenvalue weighted by Gasteiger charge is -2.21. The molecule has 0 aliphatic rings. The smallest absolute Gasteiger partial charge is 0.240 e. The Morgan fingerprint density at radius 2 is 2.06 bits per heavy atom. The first-order valence-electron chi connectivity index (χ1n) is 5.55. The lowest BCUT2D eigenvalue weighted by molar-refractivity contribution is 0.0613. The predicted molar refractivity (Wildman–Crippen MR) is 67.3 cm³/mol. The molecule has 17 heavy (non-hydrogen) atoms. The number of rotatable bonds is 5. The summed E-state index contributed by atoms with van der Waals surface area (Å²) in [5, 5.41) is 9.76. The van der Waals surface area contributed by atoms with E-state index in [1.165, 1.54) is 6.07 Å². The summed E-state index contributed by atoms with van der Waals surface area (Å²) < 4.78 is 26.3. The molecule has 0 bridgehead atoms. The Balaban J connectivity index is 2.83. The summed E-state index contributed by atoms with van der Waals surface area (Å²) in [6, 6.07) is 6.67. The largest absolute Gasteiger partial charge is 0.389 e. The Bertz CT molecular complexity index is 480. The molecule has 0 heterocycles. The molecule has 0 fully saturated rings. The van der Waals surface area contributed by atoms with Crippen LogP contribution in [0.2, 0.25) is 0 Å². The molecule has 0 saturated carbocycles. The van der Waals surface area contributed by atoms with Crippen molar-refractivity contribution in [3.05, 3.63) is 29.8 Å². The maximum atomic E-state index is 11.9. The van der Waals surface area contributed by atoms with E-state index in [9.17, 15) is 13.5 Å². The molecule has 0 spiro atoms. The number of hydrogen-bond acceptors (Lipinski definition) is 3. The summed E-state index contributed by atoms with van der Waals surface area (Å²) in [6.07, 6.45) is 0.489. The second-order valence-corrected chi connectivity index (χ2v) is 6.26. The van der Waals surface area contributed by atoms with E-state index in [4.69, 9.17) is 0 Å².